The summed E-state index contributed by atoms with van der Waals surface area (Å²) in [4.78, 5) is 10.8. The van der Waals surface area contributed by atoms with Crippen molar-refractivity contribution in [1.82, 2.24) is 0 Å². The number of allylic oxidation sites excluding steroid dienone is 2. The first-order valence-corrected chi connectivity index (χ1v) is 7.16. The van der Waals surface area contributed by atoms with Crippen molar-refractivity contribution in [3.8, 4) is 0 Å². The van der Waals surface area contributed by atoms with E-state index in [2.05, 4.69) is 6.92 Å². The van der Waals surface area contributed by atoms with E-state index in [1.165, 1.54) is 25.7 Å². The molecule has 0 heterocycles. The Morgan fingerprint density at radius 2 is 1.42 bits per heavy atom. The molecule has 0 aromatic carbocycles. The topological polar surface area (TPSA) is 17.1 Å². The molecular formula is C15H25F3O. The summed E-state index contributed by atoms with van der Waals surface area (Å²) in [7, 11) is 0. The fourth-order valence-corrected chi connectivity index (χ4v) is 1.99. The Morgan fingerprint density at radius 3 is 1.84 bits per heavy atom. The lowest BCUT2D eigenvalue weighted by atomic mass is 10.0. The van der Waals surface area contributed by atoms with Crippen LogP contribution < -0.4 is 0 Å². The smallest absolute Gasteiger partial charge is 0.295 e. The first-order chi connectivity index (χ1) is 8.88. The Labute approximate surface area is 114 Å². The van der Waals surface area contributed by atoms with Crippen molar-refractivity contribution < 1.29 is 18.0 Å². The predicted molar refractivity (Wildman–Crippen MR) is 72.0 cm³/mol. The van der Waals surface area contributed by atoms with E-state index in [9.17, 15) is 18.0 Å². The number of alkyl halides is 3. The Bertz CT molecular complexity index is 280. The summed E-state index contributed by atoms with van der Waals surface area (Å²) >= 11 is 0. The predicted octanol–water partition coefficient (Wildman–Crippen LogP) is 5.59. The number of halogens is 3. The normalized spacial score (nSPS) is 12.8. The van der Waals surface area contributed by atoms with Gasteiger partial charge in [-0.3, -0.25) is 4.79 Å². The summed E-state index contributed by atoms with van der Waals surface area (Å²) in [6.07, 6.45) is 4.52. The molecule has 0 saturated heterocycles. The Morgan fingerprint density at radius 1 is 0.947 bits per heavy atom. The minimum Gasteiger partial charge on any atom is -0.295 e. The first kappa shape index (κ1) is 18.2. The van der Waals surface area contributed by atoms with Crippen LogP contribution in [0.5, 0.6) is 0 Å². The molecule has 0 unspecified atom stereocenters. The Balaban J connectivity index is 3.81. The largest absolute Gasteiger partial charge is 0.412 e. The van der Waals surface area contributed by atoms with Crippen molar-refractivity contribution in [2.24, 2.45) is 0 Å². The van der Waals surface area contributed by atoms with Gasteiger partial charge in [0.2, 0.25) is 0 Å². The lowest BCUT2D eigenvalue weighted by Gasteiger charge is -2.11. The molecule has 0 spiro atoms. The molecule has 4 heteroatoms. The van der Waals surface area contributed by atoms with E-state index < -0.39 is 17.5 Å². The third-order valence-corrected chi connectivity index (χ3v) is 3.04. The summed E-state index contributed by atoms with van der Waals surface area (Å²) in [6, 6.07) is 0. The maximum absolute atomic E-state index is 12.6. The van der Waals surface area contributed by atoms with Crippen molar-refractivity contribution >= 4 is 5.78 Å². The molecule has 0 aromatic rings. The van der Waals surface area contributed by atoms with Gasteiger partial charge in [0.15, 0.2) is 5.78 Å². The van der Waals surface area contributed by atoms with Crippen LogP contribution in [-0.4, -0.2) is 12.0 Å². The van der Waals surface area contributed by atoms with E-state index in [0.717, 1.165) is 32.3 Å². The van der Waals surface area contributed by atoms with Crippen molar-refractivity contribution in [3.05, 3.63) is 11.6 Å². The van der Waals surface area contributed by atoms with Crippen LogP contribution in [0, 0.1) is 0 Å². The fraction of sp³-hybridized carbons (Fsp3) is 0.800. The molecule has 0 N–H and O–H groups in total. The second kappa shape index (κ2) is 10.0. The van der Waals surface area contributed by atoms with Crippen LogP contribution in [0.2, 0.25) is 0 Å². The second-order valence-corrected chi connectivity index (χ2v) is 5.00. The van der Waals surface area contributed by atoms with Gasteiger partial charge in [-0.05, 0) is 25.8 Å². The fourth-order valence-electron chi connectivity index (χ4n) is 1.99. The molecule has 0 aromatic heterocycles. The van der Waals surface area contributed by atoms with Crippen LogP contribution in [0.15, 0.2) is 11.6 Å². The van der Waals surface area contributed by atoms with Crippen LogP contribution in [0.1, 0.15) is 71.6 Å². The standard InChI is InChI=1S/C15H25F3O/c1-3-4-5-6-7-8-9-10-11-14(12-13(2)19)15(16,17)18/h12H,3-11H2,1-2H3/b14-12+. The highest BCUT2D eigenvalue weighted by molar-refractivity contribution is 5.88. The molecule has 0 atom stereocenters. The minimum absolute atomic E-state index is 0.0436. The summed E-state index contributed by atoms with van der Waals surface area (Å²) in [5, 5.41) is 0. The number of rotatable bonds is 10. The first-order valence-electron chi connectivity index (χ1n) is 7.16. The van der Waals surface area contributed by atoms with E-state index in [4.69, 9.17) is 0 Å². The highest BCUT2D eigenvalue weighted by Gasteiger charge is 2.32. The summed E-state index contributed by atoms with van der Waals surface area (Å²) < 4.78 is 37.7. The zero-order valence-electron chi connectivity index (χ0n) is 12.0. The second-order valence-electron chi connectivity index (χ2n) is 5.00. The highest BCUT2D eigenvalue weighted by Crippen LogP contribution is 2.29. The van der Waals surface area contributed by atoms with Crippen LogP contribution in [0.3, 0.4) is 0 Å². The quantitative estimate of drug-likeness (QED) is 0.376. The summed E-state index contributed by atoms with van der Waals surface area (Å²) in [5.41, 5.74) is -0.689. The Hall–Kier alpha value is -0.800. The molecule has 0 amide bonds. The van der Waals surface area contributed by atoms with E-state index in [0.29, 0.717) is 6.42 Å². The van der Waals surface area contributed by atoms with Crippen molar-refractivity contribution in [2.45, 2.75) is 77.8 Å². The molecule has 0 aliphatic carbocycles. The lowest BCUT2D eigenvalue weighted by molar-refractivity contribution is -0.114. The molecule has 0 radical (unpaired) electrons. The SMILES string of the molecule is CCCCCCCCCC/C(=C\C(C)=O)C(F)(F)F. The van der Waals surface area contributed by atoms with Gasteiger partial charge in [0.05, 0.1) is 0 Å². The van der Waals surface area contributed by atoms with E-state index >= 15 is 0 Å². The molecular weight excluding hydrogens is 253 g/mol. The molecule has 19 heavy (non-hydrogen) atoms. The highest BCUT2D eigenvalue weighted by atomic mass is 19.4. The van der Waals surface area contributed by atoms with Gasteiger partial charge in [0.25, 0.3) is 0 Å². The molecule has 0 fully saturated rings. The van der Waals surface area contributed by atoms with Gasteiger partial charge in [-0.15, -0.1) is 0 Å². The third kappa shape index (κ3) is 10.8. The van der Waals surface area contributed by atoms with Crippen LogP contribution >= 0.6 is 0 Å². The van der Waals surface area contributed by atoms with Crippen molar-refractivity contribution in [1.29, 1.82) is 0 Å². The average Bonchev–Trinajstić information content (AvgIpc) is 2.29. The minimum atomic E-state index is -4.37. The lowest BCUT2D eigenvalue weighted by Crippen LogP contribution is -2.13. The summed E-state index contributed by atoms with van der Waals surface area (Å²) in [6.45, 7) is 3.31. The molecule has 1 nitrogen and oxygen atoms in total. The van der Waals surface area contributed by atoms with Crippen LogP contribution in [0.4, 0.5) is 13.2 Å². The molecule has 0 aliphatic rings. The number of unbranched alkanes of at least 4 members (excludes halogenated alkanes) is 7. The molecule has 0 rings (SSSR count). The molecule has 0 saturated carbocycles. The molecule has 0 bridgehead atoms. The number of hydrogen-bond acceptors (Lipinski definition) is 1. The summed E-state index contributed by atoms with van der Waals surface area (Å²) in [5.74, 6) is -0.535. The van der Waals surface area contributed by atoms with Gasteiger partial charge >= 0.3 is 6.18 Å². The van der Waals surface area contributed by atoms with Gasteiger partial charge in [0.1, 0.15) is 0 Å². The third-order valence-electron chi connectivity index (χ3n) is 3.04. The molecule has 0 aliphatic heterocycles. The van der Waals surface area contributed by atoms with Crippen LogP contribution in [-0.2, 0) is 4.79 Å². The zero-order chi connectivity index (χ0) is 14.7. The number of hydrogen-bond donors (Lipinski definition) is 0. The van der Waals surface area contributed by atoms with Crippen molar-refractivity contribution in [3.63, 3.8) is 0 Å². The average molecular weight is 278 g/mol. The van der Waals surface area contributed by atoms with Gasteiger partial charge in [-0.25, -0.2) is 0 Å². The van der Waals surface area contributed by atoms with Crippen LogP contribution in [0.25, 0.3) is 0 Å². The number of carbonyl (C=O) groups is 1. The zero-order valence-corrected chi connectivity index (χ0v) is 12.0. The number of ketones is 1. The van der Waals surface area contributed by atoms with Gasteiger partial charge in [-0.1, -0.05) is 51.9 Å². The van der Waals surface area contributed by atoms with E-state index in [-0.39, 0.29) is 6.42 Å². The van der Waals surface area contributed by atoms with Gasteiger partial charge < -0.3 is 0 Å². The van der Waals surface area contributed by atoms with Gasteiger partial charge in [0, 0.05) is 5.57 Å². The van der Waals surface area contributed by atoms with Gasteiger partial charge in [-0.2, -0.15) is 13.2 Å². The Kier molecular flexibility index (Phi) is 9.62. The maximum atomic E-state index is 12.6. The molecule has 112 valence electrons. The van der Waals surface area contributed by atoms with E-state index in [1.807, 2.05) is 0 Å². The van der Waals surface area contributed by atoms with Crippen molar-refractivity contribution in [2.75, 3.05) is 0 Å². The monoisotopic (exact) mass is 278 g/mol. The maximum Gasteiger partial charge on any atom is 0.412 e. The van der Waals surface area contributed by atoms with E-state index in [1.54, 1.807) is 0 Å². The number of carbonyl (C=O) groups excluding carboxylic acids is 1.